The van der Waals surface area contributed by atoms with Gasteiger partial charge < -0.3 is 5.11 Å². The second-order valence-corrected chi connectivity index (χ2v) is 2.62. The zero-order chi connectivity index (χ0) is 6.85. The quantitative estimate of drug-likeness (QED) is 0.593. The van der Waals surface area contributed by atoms with Crippen molar-refractivity contribution in [1.29, 1.82) is 0 Å². The van der Waals surface area contributed by atoms with E-state index in [-0.39, 0.29) is 5.75 Å². The topological polar surface area (TPSA) is 20.2 Å². The molecule has 0 saturated carbocycles. The fraction of sp³-hybridized carbons (Fsp3) is 0. The van der Waals surface area contributed by atoms with Gasteiger partial charge in [0.1, 0.15) is 13.6 Å². The van der Waals surface area contributed by atoms with Gasteiger partial charge in [-0.1, -0.05) is 27.5 Å². The molecule has 1 aromatic rings. The van der Waals surface area contributed by atoms with E-state index in [1.54, 1.807) is 18.2 Å². The Morgan fingerprint density at radius 3 is 2.56 bits per heavy atom. The highest BCUT2D eigenvalue weighted by Crippen LogP contribution is 2.13. The van der Waals surface area contributed by atoms with Crippen molar-refractivity contribution in [2.75, 3.05) is 0 Å². The van der Waals surface area contributed by atoms with Crippen molar-refractivity contribution in [2.45, 2.75) is 0 Å². The van der Waals surface area contributed by atoms with Crippen LogP contribution in [0.2, 0.25) is 0 Å². The SMILES string of the molecule is [B]c1ccc(Br)cc1O. The Labute approximate surface area is 63.2 Å². The first-order valence-electron chi connectivity index (χ1n) is 2.44. The molecule has 9 heavy (non-hydrogen) atoms. The Bertz CT molecular complexity index is 224. The number of phenolic OH excluding ortho intramolecular Hbond substituents is 1. The Hall–Kier alpha value is -0.435. The minimum atomic E-state index is 0.115. The molecule has 0 aromatic heterocycles. The van der Waals surface area contributed by atoms with Gasteiger partial charge >= 0.3 is 0 Å². The standard InChI is InChI=1S/C6H4BBrO/c7-5-2-1-4(8)3-6(5)9/h1-3,9H. The zero-order valence-electron chi connectivity index (χ0n) is 4.63. The molecule has 0 aliphatic rings. The Morgan fingerprint density at radius 2 is 2.11 bits per heavy atom. The minimum absolute atomic E-state index is 0.115. The minimum Gasteiger partial charge on any atom is -0.509 e. The number of hydrogen-bond acceptors (Lipinski definition) is 1. The van der Waals surface area contributed by atoms with E-state index in [0.29, 0.717) is 5.46 Å². The summed E-state index contributed by atoms with van der Waals surface area (Å²) in [5, 5.41) is 8.95. The normalized spacial score (nSPS) is 9.44. The number of aromatic hydroxyl groups is 1. The number of halogens is 1. The lowest BCUT2D eigenvalue weighted by atomic mass is 9.95. The van der Waals surface area contributed by atoms with E-state index >= 15 is 0 Å². The van der Waals surface area contributed by atoms with Crippen LogP contribution >= 0.6 is 15.9 Å². The second-order valence-electron chi connectivity index (χ2n) is 1.70. The smallest absolute Gasteiger partial charge is 0.118 e. The summed E-state index contributed by atoms with van der Waals surface area (Å²) in [5.41, 5.74) is 0.401. The number of benzene rings is 1. The van der Waals surface area contributed by atoms with E-state index in [2.05, 4.69) is 15.9 Å². The number of hydrogen-bond donors (Lipinski definition) is 1. The molecule has 0 fully saturated rings. The van der Waals surface area contributed by atoms with Crippen molar-refractivity contribution in [3.05, 3.63) is 22.7 Å². The van der Waals surface area contributed by atoms with Gasteiger partial charge in [-0.3, -0.25) is 0 Å². The average Bonchev–Trinajstić information content (AvgIpc) is 1.80. The summed E-state index contributed by atoms with van der Waals surface area (Å²) < 4.78 is 0.828. The Morgan fingerprint density at radius 1 is 1.44 bits per heavy atom. The maximum atomic E-state index is 8.95. The van der Waals surface area contributed by atoms with Crippen LogP contribution in [0.25, 0.3) is 0 Å². The molecule has 44 valence electrons. The third-order valence-corrected chi connectivity index (χ3v) is 1.49. The highest BCUT2D eigenvalue weighted by molar-refractivity contribution is 9.10. The fourth-order valence-electron chi connectivity index (χ4n) is 0.517. The molecule has 0 unspecified atom stereocenters. The maximum absolute atomic E-state index is 8.95. The fourth-order valence-corrected chi connectivity index (χ4v) is 0.866. The molecule has 1 nitrogen and oxygen atoms in total. The third-order valence-electron chi connectivity index (χ3n) is 0.992. The van der Waals surface area contributed by atoms with Gasteiger partial charge in [0.05, 0.1) is 0 Å². The van der Waals surface area contributed by atoms with Crippen LogP contribution in [0, 0.1) is 0 Å². The van der Waals surface area contributed by atoms with E-state index in [4.69, 9.17) is 13.0 Å². The van der Waals surface area contributed by atoms with Gasteiger partial charge in [0, 0.05) is 4.47 Å². The summed E-state index contributed by atoms with van der Waals surface area (Å²) in [6.07, 6.45) is 0. The summed E-state index contributed by atoms with van der Waals surface area (Å²) in [7, 11) is 5.32. The number of rotatable bonds is 0. The molecule has 0 saturated heterocycles. The first-order chi connectivity index (χ1) is 4.20. The van der Waals surface area contributed by atoms with Crippen molar-refractivity contribution >= 4 is 29.2 Å². The molecule has 0 heterocycles. The molecule has 2 radical (unpaired) electrons. The van der Waals surface area contributed by atoms with Crippen LogP contribution in [-0.2, 0) is 0 Å². The Kier molecular flexibility index (Phi) is 1.81. The average molecular weight is 183 g/mol. The van der Waals surface area contributed by atoms with Crippen LogP contribution in [0.15, 0.2) is 22.7 Å². The lowest BCUT2D eigenvalue weighted by Crippen LogP contribution is -2.00. The molecule has 1 rings (SSSR count). The summed E-state index contributed by atoms with van der Waals surface area (Å²) in [6.45, 7) is 0. The Balaban J connectivity index is 3.17. The molecule has 0 spiro atoms. The molecule has 0 aliphatic carbocycles. The predicted molar refractivity (Wildman–Crippen MR) is 41.2 cm³/mol. The van der Waals surface area contributed by atoms with Gasteiger partial charge in [-0.25, -0.2) is 0 Å². The first kappa shape index (κ1) is 6.68. The van der Waals surface area contributed by atoms with Gasteiger partial charge in [-0.05, 0) is 12.1 Å². The van der Waals surface area contributed by atoms with E-state index < -0.39 is 0 Å². The van der Waals surface area contributed by atoms with Crippen molar-refractivity contribution in [1.82, 2.24) is 0 Å². The lowest BCUT2D eigenvalue weighted by Gasteiger charge is -1.96. The second kappa shape index (κ2) is 2.44. The lowest BCUT2D eigenvalue weighted by molar-refractivity contribution is 0.479. The number of phenols is 1. The molecule has 0 atom stereocenters. The summed E-state index contributed by atoms with van der Waals surface area (Å²) in [5.74, 6) is 0.115. The first-order valence-corrected chi connectivity index (χ1v) is 3.23. The molecule has 3 heteroatoms. The van der Waals surface area contributed by atoms with E-state index in [1.165, 1.54) is 0 Å². The van der Waals surface area contributed by atoms with Gasteiger partial charge in [-0.2, -0.15) is 0 Å². The van der Waals surface area contributed by atoms with E-state index in [1.807, 2.05) is 0 Å². The van der Waals surface area contributed by atoms with E-state index in [9.17, 15) is 0 Å². The van der Waals surface area contributed by atoms with Gasteiger partial charge in [-0.15, -0.1) is 0 Å². The summed E-state index contributed by atoms with van der Waals surface area (Å²) >= 11 is 3.18. The van der Waals surface area contributed by atoms with Crippen molar-refractivity contribution in [3.63, 3.8) is 0 Å². The molecule has 1 N–H and O–H groups in total. The van der Waals surface area contributed by atoms with Gasteiger partial charge in [0.15, 0.2) is 0 Å². The van der Waals surface area contributed by atoms with Crippen LogP contribution in [0.5, 0.6) is 5.75 Å². The summed E-state index contributed by atoms with van der Waals surface area (Å²) in [4.78, 5) is 0. The van der Waals surface area contributed by atoms with E-state index in [0.717, 1.165) is 4.47 Å². The van der Waals surface area contributed by atoms with Gasteiger partial charge in [0.25, 0.3) is 0 Å². The molecular formula is C6H4BBrO. The molecule has 1 aromatic carbocycles. The van der Waals surface area contributed by atoms with Crippen LogP contribution in [-0.4, -0.2) is 13.0 Å². The monoisotopic (exact) mass is 182 g/mol. The van der Waals surface area contributed by atoms with Crippen molar-refractivity contribution < 1.29 is 5.11 Å². The molecular weight excluding hydrogens is 179 g/mol. The molecule has 0 aliphatic heterocycles. The van der Waals surface area contributed by atoms with Gasteiger partial charge in [0.2, 0.25) is 0 Å². The zero-order valence-corrected chi connectivity index (χ0v) is 6.22. The van der Waals surface area contributed by atoms with Crippen LogP contribution in [0.1, 0.15) is 0 Å². The highest BCUT2D eigenvalue weighted by Gasteiger charge is 1.92. The van der Waals surface area contributed by atoms with Crippen LogP contribution < -0.4 is 5.46 Å². The predicted octanol–water partition coefficient (Wildman–Crippen LogP) is 0.948. The molecule has 0 amide bonds. The maximum Gasteiger partial charge on any atom is 0.118 e. The third kappa shape index (κ3) is 1.48. The van der Waals surface area contributed by atoms with Crippen molar-refractivity contribution in [2.24, 2.45) is 0 Å². The van der Waals surface area contributed by atoms with Crippen LogP contribution in [0.4, 0.5) is 0 Å². The van der Waals surface area contributed by atoms with Crippen molar-refractivity contribution in [3.8, 4) is 5.75 Å². The molecule has 0 bridgehead atoms. The largest absolute Gasteiger partial charge is 0.509 e. The van der Waals surface area contributed by atoms with Crippen LogP contribution in [0.3, 0.4) is 0 Å². The summed E-state index contributed by atoms with van der Waals surface area (Å²) in [6, 6.07) is 4.96. The highest BCUT2D eigenvalue weighted by atomic mass is 79.9.